The molecule has 0 N–H and O–H groups in total. The van der Waals surface area contributed by atoms with Crippen LogP contribution < -0.4 is 0 Å². The van der Waals surface area contributed by atoms with Crippen LogP contribution in [0.15, 0.2) is 52.0 Å². The van der Waals surface area contributed by atoms with Crippen molar-refractivity contribution >= 4 is 21.7 Å². The summed E-state index contributed by atoms with van der Waals surface area (Å²) in [5, 5.41) is 0. The number of hydrogen-bond acceptors (Lipinski definition) is 7. The molecule has 1 aromatic heterocycles. The van der Waals surface area contributed by atoms with Crippen LogP contribution in [0.3, 0.4) is 0 Å². The van der Waals surface area contributed by atoms with Crippen molar-refractivity contribution in [1.82, 2.24) is 4.90 Å². The summed E-state index contributed by atoms with van der Waals surface area (Å²) >= 11 is 0. The lowest BCUT2D eigenvalue weighted by Gasteiger charge is -2.30. The van der Waals surface area contributed by atoms with Crippen LogP contribution in [0, 0.1) is 0 Å². The van der Waals surface area contributed by atoms with E-state index in [4.69, 9.17) is 13.9 Å². The van der Waals surface area contributed by atoms with Crippen molar-refractivity contribution in [3.63, 3.8) is 0 Å². The van der Waals surface area contributed by atoms with E-state index in [1.165, 1.54) is 24.5 Å². The van der Waals surface area contributed by atoms with E-state index in [2.05, 4.69) is 0 Å². The molecule has 1 aromatic carbocycles. The molecule has 150 valence electrons. The Balaban J connectivity index is 1.63. The molecular weight excluding hydrogens is 386 g/mol. The van der Waals surface area contributed by atoms with Crippen molar-refractivity contribution in [3.8, 4) is 0 Å². The van der Waals surface area contributed by atoms with Crippen LogP contribution >= 0.6 is 0 Å². The minimum Gasteiger partial charge on any atom is -0.457 e. The lowest BCUT2D eigenvalue weighted by molar-refractivity contribution is -0.141. The molecule has 8 nitrogen and oxygen atoms in total. The van der Waals surface area contributed by atoms with Crippen molar-refractivity contribution in [1.29, 1.82) is 0 Å². The average Bonchev–Trinajstić information content (AvgIpc) is 3.14. The Kier molecular flexibility index (Phi) is 6.15. The molecule has 0 radical (unpaired) electrons. The number of rotatable bonds is 6. The predicted molar refractivity (Wildman–Crippen MR) is 98.3 cm³/mol. The molecule has 1 amide bonds. The Labute approximate surface area is 162 Å². The third-order valence-electron chi connectivity index (χ3n) is 4.30. The lowest BCUT2D eigenvalue weighted by Crippen LogP contribution is -2.46. The molecule has 28 heavy (non-hydrogen) atoms. The van der Waals surface area contributed by atoms with E-state index in [1.54, 1.807) is 23.1 Å². The van der Waals surface area contributed by atoms with Crippen molar-refractivity contribution in [3.05, 3.63) is 54.0 Å². The van der Waals surface area contributed by atoms with E-state index >= 15 is 0 Å². The molecule has 0 bridgehead atoms. The molecule has 2 heterocycles. The molecule has 0 saturated carbocycles. The SMILES string of the molecule is CC1CN(C(=O)COC(=O)c2occc2CS(=O)(=O)c2ccccc2)CCO1. The number of carbonyl (C=O) groups excluding carboxylic acids is 2. The van der Waals surface area contributed by atoms with E-state index in [0.29, 0.717) is 19.7 Å². The summed E-state index contributed by atoms with van der Waals surface area (Å²) in [7, 11) is -3.65. The third kappa shape index (κ3) is 4.79. The summed E-state index contributed by atoms with van der Waals surface area (Å²) in [6, 6.07) is 9.32. The number of benzene rings is 1. The average molecular weight is 407 g/mol. The number of esters is 1. The van der Waals surface area contributed by atoms with Gasteiger partial charge in [-0.05, 0) is 25.1 Å². The van der Waals surface area contributed by atoms with Crippen molar-refractivity contribution < 1.29 is 31.9 Å². The van der Waals surface area contributed by atoms with E-state index in [1.807, 2.05) is 6.92 Å². The monoisotopic (exact) mass is 407 g/mol. The first kappa shape index (κ1) is 20.1. The summed E-state index contributed by atoms with van der Waals surface area (Å²) in [4.78, 5) is 26.2. The number of amides is 1. The van der Waals surface area contributed by atoms with Gasteiger partial charge in [0, 0.05) is 18.7 Å². The number of nitrogens with zero attached hydrogens (tertiary/aromatic N) is 1. The van der Waals surface area contributed by atoms with E-state index < -0.39 is 28.2 Å². The van der Waals surface area contributed by atoms with Crippen molar-refractivity contribution in [2.24, 2.45) is 0 Å². The van der Waals surface area contributed by atoms with Gasteiger partial charge in [0.25, 0.3) is 5.91 Å². The van der Waals surface area contributed by atoms with Crippen LogP contribution in [0.2, 0.25) is 0 Å². The van der Waals surface area contributed by atoms with Crippen LogP contribution in [-0.2, 0) is 29.9 Å². The molecular formula is C19H21NO7S. The summed E-state index contributed by atoms with van der Waals surface area (Å²) in [5.74, 6) is -1.85. The molecule has 9 heteroatoms. The van der Waals surface area contributed by atoms with Gasteiger partial charge in [-0.2, -0.15) is 0 Å². The van der Waals surface area contributed by atoms with Crippen molar-refractivity contribution in [2.45, 2.75) is 23.7 Å². The highest BCUT2D eigenvalue weighted by Gasteiger charge is 2.26. The quantitative estimate of drug-likeness (QED) is 0.671. The van der Waals surface area contributed by atoms with E-state index in [9.17, 15) is 18.0 Å². The summed E-state index contributed by atoms with van der Waals surface area (Å²) < 4.78 is 40.5. The van der Waals surface area contributed by atoms with Gasteiger partial charge in [0.1, 0.15) is 0 Å². The molecule has 1 fully saturated rings. The number of ether oxygens (including phenoxy) is 2. The normalized spacial score (nSPS) is 17.3. The summed E-state index contributed by atoms with van der Waals surface area (Å²) in [6.45, 7) is 2.70. The van der Waals surface area contributed by atoms with Crippen molar-refractivity contribution in [2.75, 3.05) is 26.3 Å². The Morgan fingerprint density at radius 1 is 1.21 bits per heavy atom. The highest BCUT2D eigenvalue weighted by atomic mass is 32.2. The highest BCUT2D eigenvalue weighted by molar-refractivity contribution is 7.90. The van der Waals surface area contributed by atoms with Gasteiger partial charge in [0.05, 0.1) is 29.6 Å². The number of morpholine rings is 1. The number of sulfone groups is 1. The topological polar surface area (TPSA) is 103 Å². The second kappa shape index (κ2) is 8.57. The fraction of sp³-hybridized carbons (Fsp3) is 0.368. The van der Waals surface area contributed by atoms with Gasteiger partial charge in [-0.1, -0.05) is 18.2 Å². The van der Waals surface area contributed by atoms with Crippen LogP contribution in [0.1, 0.15) is 23.0 Å². The second-order valence-corrected chi connectivity index (χ2v) is 8.43. The molecule has 1 saturated heterocycles. The maximum Gasteiger partial charge on any atom is 0.375 e. The van der Waals surface area contributed by atoms with Gasteiger partial charge in [-0.15, -0.1) is 0 Å². The first-order chi connectivity index (χ1) is 13.4. The molecule has 1 aliphatic heterocycles. The minimum atomic E-state index is -3.65. The molecule has 0 spiro atoms. The smallest absolute Gasteiger partial charge is 0.375 e. The fourth-order valence-electron chi connectivity index (χ4n) is 2.87. The molecule has 3 rings (SSSR count). The van der Waals surface area contributed by atoms with Gasteiger partial charge in [0.2, 0.25) is 5.76 Å². The molecule has 0 aliphatic carbocycles. The largest absolute Gasteiger partial charge is 0.457 e. The van der Waals surface area contributed by atoms with E-state index in [-0.39, 0.29) is 28.2 Å². The Bertz CT molecular complexity index is 936. The minimum absolute atomic E-state index is 0.0757. The van der Waals surface area contributed by atoms with Gasteiger partial charge in [-0.25, -0.2) is 13.2 Å². The van der Waals surface area contributed by atoms with Gasteiger partial charge in [0.15, 0.2) is 16.4 Å². The van der Waals surface area contributed by atoms with Gasteiger partial charge >= 0.3 is 5.97 Å². The van der Waals surface area contributed by atoms with E-state index in [0.717, 1.165) is 0 Å². The predicted octanol–water partition coefficient (Wildman–Crippen LogP) is 1.66. The molecule has 1 atom stereocenters. The maximum absolute atomic E-state index is 12.5. The number of furan rings is 1. The Morgan fingerprint density at radius 2 is 1.96 bits per heavy atom. The Hall–Kier alpha value is -2.65. The van der Waals surface area contributed by atoms with Crippen LogP contribution in [-0.4, -0.2) is 57.6 Å². The first-order valence-corrected chi connectivity index (χ1v) is 10.4. The standard InChI is InChI=1S/C19H21NO7S/c1-14-11-20(8-10-25-14)17(21)12-27-19(22)18-15(7-9-26-18)13-28(23,24)16-5-3-2-4-6-16/h2-7,9,14H,8,10-13H2,1H3. The lowest BCUT2D eigenvalue weighted by atomic mass is 10.3. The first-order valence-electron chi connectivity index (χ1n) is 8.77. The summed E-state index contributed by atoms with van der Waals surface area (Å²) in [6.07, 6.45) is 1.14. The molecule has 1 aliphatic rings. The third-order valence-corrected chi connectivity index (χ3v) is 5.98. The van der Waals surface area contributed by atoms with Gasteiger partial charge in [-0.3, -0.25) is 4.79 Å². The van der Waals surface area contributed by atoms with Crippen LogP contribution in [0.4, 0.5) is 0 Å². The molecule has 1 unspecified atom stereocenters. The summed E-state index contributed by atoms with van der Waals surface area (Å²) in [5.41, 5.74) is 0.182. The highest BCUT2D eigenvalue weighted by Crippen LogP contribution is 2.20. The van der Waals surface area contributed by atoms with Gasteiger partial charge < -0.3 is 18.8 Å². The molecule has 2 aromatic rings. The number of hydrogen-bond donors (Lipinski definition) is 0. The second-order valence-electron chi connectivity index (χ2n) is 6.44. The van der Waals surface area contributed by atoms with Crippen LogP contribution in [0.25, 0.3) is 0 Å². The zero-order chi connectivity index (χ0) is 20.1. The fourth-order valence-corrected chi connectivity index (χ4v) is 4.25. The zero-order valence-corrected chi connectivity index (χ0v) is 16.2. The Morgan fingerprint density at radius 3 is 2.68 bits per heavy atom. The maximum atomic E-state index is 12.5. The van der Waals surface area contributed by atoms with Crippen LogP contribution in [0.5, 0.6) is 0 Å². The zero-order valence-electron chi connectivity index (χ0n) is 15.4. The number of carbonyl (C=O) groups is 2.